The number of rotatable bonds is 7. The van der Waals surface area contributed by atoms with Gasteiger partial charge in [0.25, 0.3) is 0 Å². The SMILES string of the molecule is CCC(N)Cc1ccc(OCc2cnc(Cl)s2)c(OC)c1. The summed E-state index contributed by atoms with van der Waals surface area (Å²) in [6.45, 7) is 2.51. The highest BCUT2D eigenvalue weighted by Gasteiger charge is 2.09. The van der Waals surface area contributed by atoms with Crippen LogP contribution >= 0.6 is 22.9 Å². The minimum Gasteiger partial charge on any atom is -0.493 e. The van der Waals surface area contributed by atoms with Crippen molar-refractivity contribution in [1.29, 1.82) is 0 Å². The molecule has 0 radical (unpaired) electrons. The summed E-state index contributed by atoms with van der Waals surface area (Å²) in [5, 5.41) is 0. The highest BCUT2D eigenvalue weighted by Crippen LogP contribution is 2.30. The third-order valence-electron chi connectivity index (χ3n) is 3.15. The van der Waals surface area contributed by atoms with E-state index in [-0.39, 0.29) is 6.04 Å². The van der Waals surface area contributed by atoms with Gasteiger partial charge in [0, 0.05) is 12.2 Å². The quantitative estimate of drug-likeness (QED) is 0.843. The van der Waals surface area contributed by atoms with Crippen LogP contribution in [0.5, 0.6) is 11.5 Å². The van der Waals surface area contributed by atoms with Crippen LogP contribution in [0.1, 0.15) is 23.8 Å². The van der Waals surface area contributed by atoms with E-state index in [1.54, 1.807) is 13.3 Å². The van der Waals surface area contributed by atoms with Crippen molar-refractivity contribution in [3.63, 3.8) is 0 Å². The van der Waals surface area contributed by atoms with E-state index < -0.39 is 0 Å². The normalized spacial score (nSPS) is 12.2. The first-order valence-corrected chi connectivity index (χ1v) is 7.97. The van der Waals surface area contributed by atoms with Crippen molar-refractivity contribution in [3.8, 4) is 11.5 Å². The molecule has 21 heavy (non-hydrogen) atoms. The topological polar surface area (TPSA) is 57.4 Å². The summed E-state index contributed by atoms with van der Waals surface area (Å²) in [7, 11) is 1.63. The van der Waals surface area contributed by atoms with Crippen LogP contribution < -0.4 is 15.2 Å². The molecule has 1 atom stereocenters. The second-order valence-corrected chi connectivity index (χ2v) is 6.42. The zero-order valence-corrected chi connectivity index (χ0v) is 13.7. The molecular formula is C15H19ClN2O2S. The van der Waals surface area contributed by atoms with Crippen LogP contribution in [-0.4, -0.2) is 18.1 Å². The minimum absolute atomic E-state index is 0.167. The van der Waals surface area contributed by atoms with Gasteiger partial charge in [0.15, 0.2) is 16.0 Å². The number of nitrogens with two attached hydrogens (primary N) is 1. The molecule has 0 bridgehead atoms. The van der Waals surface area contributed by atoms with Crippen molar-refractivity contribution in [3.05, 3.63) is 39.3 Å². The Morgan fingerprint density at radius 2 is 2.19 bits per heavy atom. The third-order valence-corrected chi connectivity index (χ3v) is 4.23. The molecule has 2 aromatic rings. The first-order chi connectivity index (χ1) is 10.1. The summed E-state index contributed by atoms with van der Waals surface area (Å²) in [5.41, 5.74) is 7.13. The van der Waals surface area contributed by atoms with Gasteiger partial charge in [0.2, 0.25) is 0 Å². The predicted octanol–water partition coefficient (Wildman–Crippen LogP) is 3.66. The largest absolute Gasteiger partial charge is 0.493 e. The van der Waals surface area contributed by atoms with Crippen molar-refractivity contribution in [2.75, 3.05) is 7.11 Å². The van der Waals surface area contributed by atoms with E-state index in [1.165, 1.54) is 11.3 Å². The molecule has 1 aromatic heterocycles. The molecule has 0 saturated carbocycles. The Balaban J connectivity index is 2.05. The van der Waals surface area contributed by atoms with Gasteiger partial charge in [-0.05, 0) is 30.5 Å². The van der Waals surface area contributed by atoms with E-state index in [2.05, 4.69) is 11.9 Å². The van der Waals surface area contributed by atoms with Crippen LogP contribution in [0.25, 0.3) is 0 Å². The highest BCUT2D eigenvalue weighted by molar-refractivity contribution is 7.15. The Morgan fingerprint density at radius 3 is 2.81 bits per heavy atom. The van der Waals surface area contributed by atoms with E-state index in [4.69, 9.17) is 26.8 Å². The predicted molar refractivity (Wildman–Crippen MR) is 86.4 cm³/mol. The summed E-state index contributed by atoms with van der Waals surface area (Å²) in [6.07, 6.45) is 3.50. The molecule has 2 rings (SSSR count). The Hall–Kier alpha value is -1.30. The molecule has 0 spiro atoms. The lowest BCUT2D eigenvalue weighted by molar-refractivity contribution is 0.287. The van der Waals surface area contributed by atoms with Gasteiger partial charge in [-0.15, -0.1) is 11.3 Å². The zero-order chi connectivity index (χ0) is 15.2. The maximum atomic E-state index is 5.98. The van der Waals surface area contributed by atoms with E-state index >= 15 is 0 Å². The van der Waals surface area contributed by atoms with Gasteiger partial charge >= 0.3 is 0 Å². The van der Waals surface area contributed by atoms with Gasteiger partial charge in [-0.25, -0.2) is 4.98 Å². The van der Waals surface area contributed by atoms with Gasteiger partial charge in [0.1, 0.15) is 6.61 Å². The molecule has 0 saturated heterocycles. The van der Waals surface area contributed by atoms with Gasteiger partial charge in [-0.2, -0.15) is 0 Å². The molecule has 1 aromatic carbocycles. The molecule has 6 heteroatoms. The number of hydrogen-bond acceptors (Lipinski definition) is 5. The molecule has 0 aliphatic carbocycles. The Kier molecular flexibility index (Phi) is 5.85. The summed E-state index contributed by atoms with van der Waals surface area (Å²) in [6, 6.07) is 6.08. The number of hydrogen-bond donors (Lipinski definition) is 1. The monoisotopic (exact) mass is 326 g/mol. The average Bonchev–Trinajstić information content (AvgIpc) is 2.91. The van der Waals surface area contributed by atoms with E-state index in [0.717, 1.165) is 23.3 Å². The van der Waals surface area contributed by atoms with Crippen LogP contribution in [0.3, 0.4) is 0 Å². The third kappa shape index (κ3) is 4.59. The number of methoxy groups -OCH3 is 1. The minimum atomic E-state index is 0.167. The summed E-state index contributed by atoms with van der Waals surface area (Å²) >= 11 is 7.21. The number of thiazole rings is 1. The lowest BCUT2D eigenvalue weighted by Crippen LogP contribution is -2.21. The fraction of sp³-hybridized carbons (Fsp3) is 0.400. The van der Waals surface area contributed by atoms with Crippen molar-refractivity contribution in [2.24, 2.45) is 5.73 Å². The lowest BCUT2D eigenvalue weighted by Gasteiger charge is -2.13. The Bertz CT molecular complexity index is 589. The maximum absolute atomic E-state index is 5.98. The van der Waals surface area contributed by atoms with Crippen molar-refractivity contribution < 1.29 is 9.47 Å². The second kappa shape index (κ2) is 7.64. The second-order valence-electron chi connectivity index (χ2n) is 4.73. The smallest absolute Gasteiger partial charge is 0.183 e. The van der Waals surface area contributed by atoms with E-state index in [0.29, 0.717) is 22.6 Å². The summed E-state index contributed by atoms with van der Waals surface area (Å²) < 4.78 is 11.7. The van der Waals surface area contributed by atoms with E-state index in [9.17, 15) is 0 Å². The van der Waals surface area contributed by atoms with Gasteiger partial charge in [-0.1, -0.05) is 24.6 Å². The van der Waals surface area contributed by atoms with Gasteiger partial charge in [-0.3, -0.25) is 0 Å². The average molecular weight is 327 g/mol. The van der Waals surface area contributed by atoms with E-state index in [1.807, 2.05) is 18.2 Å². The Morgan fingerprint density at radius 1 is 1.38 bits per heavy atom. The fourth-order valence-electron chi connectivity index (χ4n) is 1.90. The highest BCUT2D eigenvalue weighted by atomic mass is 35.5. The molecule has 1 heterocycles. The Labute approximate surface area is 133 Å². The number of aromatic nitrogens is 1. The fourth-order valence-corrected chi connectivity index (χ4v) is 2.80. The number of nitrogens with zero attached hydrogens (tertiary/aromatic N) is 1. The molecule has 4 nitrogen and oxygen atoms in total. The molecule has 0 amide bonds. The van der Waals surface area contributed by atoms with Crippen LogP contribution in [0.2, 0.25) is 4.47 Å². The molecule has 0 fully saturated rings. The van der Waals surface area contributed by atoms with Gasteiger partial charge < -0.3 is 15.2 Å². The molecule has 2 N–H and O–H groups in total. The zero-order valence-electron chi connectivity index (χ0n) is 12.1. The van der Waals surface area contributed by atoms with Crippen LogP contribution in [-0.2, 0) is 13.0 Å². The maximum Gasteiger partial charge on any atom is 0.183 e. The van der Waals surface area contributed by atoms with Crippen LogP contribution in [0.15, 0.2) is 24.4 Å². The first kappa shape index (κ1) is 16.1. The first-order valence-electron chi connectivity index (χ1n) is 6.77. The lowest BCUT2D eigenvalue weighted by atomic mass is 10.0. The standard InChI is InChI=1S/C15H19ClN2O2S/c1-3-11(17)6-10-4-5-13(14(7-10)19-2)20-9-12-8-18-15(16)21-12/h4-5,7-8,11H,3,6,9,17H2,1-2H3. The summed E-state index contributed by atoms with van der Waals surface area (Å²) in [5.74, 6) is 1.42. The van der Waals surface area contributed by atoms with Crippen molar-refractivity contribution in [2.45, 2.75) is 32.4 Å². The molecule has 114 valence electrons. The molecule has 0 aliphatic rings. The van der Waals surface area contributed by atoms with Crippen LogP contribution in [0, 0.1) is 0 Å². The number of benzene rings is 1. The molecule has 0 aliphatic heterocycles. The number of ether oxygens (including phenoxy) is 2. The number of halogens is 1. The van der Waals surface area contributed by atoms with Gasteiger partial charge in [0.05, 0.1) is 12.0 Å². The summed E-state index contributed by atoms with van der Waals surface area (Å²) in [4.78, 5) is 4.96. The molecular weight excluding hydrogens is 308 g/mol. The van der Waals surface area contributed by atoms with Crippen LogP contribution in [0.4, 0.5) is 0 Å². The van der Waals surface area contributed by atoms with Crippen molar-refractivity contribution >= 4 is 22.9 Å². The molecule has 1 unspecified atom stereocenters. The van der Waals surface area contributed by atoms with Crippen molar-refractivity contribution in [1.82, 2.24) is 4.98 Å².